The lowest BCUT2D eigenvalue weighted by molar-refractivity contribution is -0.112. The van der Waals surface area contributed by atoms with Crippen molar-refractivity contribution in [3.8, 4) is 11.8 Å². The Hall–Kier alpha value is -3.40. The van der Waals surface area contributed by atoms with Crippen molar-refractivity contribution in [2.24, 2.45) is 0 Å². The van der Waals surface area contributed by atoms with Gasteiger partial charge in [0.15, 0.2) is 0 Å². The van der Waals surface area contributed by atoms with E-state index in [0.717, 1.165) is 0 Å². The number of hydrogen-bond donors (Lipinski definition) is 3. The van der Waals surface area contributed by atoms with Crippen molar-refractivity contribution in [2.45, 2.75) is 0 Å². The third-order valence-electron chi connectivity index (χ3n) is 2.38. The predicted octanol–water partition coefficient (Wildman–Crippen LogP) is 1.64. The number of nitriles is 1. The van der Waals surface area contributed by atoms with E-state index in [0.29, 0.717) is 5.69 Å². The molecule has 2 aromatic rings. The highest BCUT2D eigenvalue weighted by Crippen LogP contribution is 2.16. The summed E-state index contributed by atoms with van der Waals surface area (Å²) in [6.45, 7) is 0. The number of phenolic OH excluding ortho intramolecular Hbond substituents is 1. The molecule has 1 amide bonds. The zero-order chi connectivity index (χ0) is 15.1. The number of aromatic nitrogens is 2. The van der Waals surface area contributed by atoms with Crippen LogP contribution in [-0.4, -0.2) is 21.0 Å². The van der Waals surface area contributed by atoms with Crippen molar-refractivity contribution in [1.29, 1.82) is 5.26 Å². The maximum absolute atomic E-state index is 11.9. The molecule has 0 bridgehead atoms. The minimum atomic E-state index is -0.605. The smallest absolute Gasteiger partial charge is 0.267 e. The van der Waals surface area contributed by atoms with Crippen LogP contribution in [0, 0.1) is 11.3 Å². The Balaban J connectivity index is 2.07. The second kappa shape index (κ2) is 6.68. The van der Waals surface area contributed by atoms with E-state index in [1.807, 2.05) is 0 Å². The molecule has 3 N–H and O–H groups in total. The Bertz CT molecular complexity index is 707. The molecule has 0 spiro atoms. The van der Waals surface area contributed by atoms with E-state index in [2.05, 4.69) is 20.6 Å². The van der Waals surface area contributed by atoms with Crippen LogP contribution in [0.1, 0.15) is 0 Å². The molecule has 2 rings (SSSR count). The van der Waals surface area contributed by atoms with Gasteiger partial charge in [-0.3, -0.25) is 4.79 Å². The Morgan fingerprint density at radius 2 is 2.05 bits per heavy atom. The first-order valence-corrected chi connectivity index (χ1v) is 5.93. The van der Waals surface area contributed by atoms with Crippen molar-refractivity contribution in [3.63, 3.8) is 0 Å². The number of carbonyl (C=O) groups is 1. The van der Waals surface area contributed by atoms with E-state index in [-0.39, 0.29) is 17.3 Å². The molecule has 1 aromatic heterocycles. The standard InChI is InChI=1S/C14H11N5O2/c15-8-10(9-18-14-16-5-2-6-17-14)13(21)19-11-3-1-4-12(20)7-11/h1-7,9,20H,(H,19,21)(H,16,17,18)/b10-9-. The summed E-state index contributed by atoms with van der Waals surface area (Å²) in [5.41, 5.74) is 0.239. The van der Waals surface area contributed by atoms with Crippen molar-refractivity contribution in [3.05, 3.63) is 54.5 Å². The van der Waals surface area contributed by atoms with Gasteiger partial charge in [0, 0.05) is 30.3 Å². The van der Waals surface area contributed by atoms with Crippen LogP contribution >= 0.6 is 0 Å². The van der Waals surface area contributed by atoms with Gasteiger partial charge in [-0.05, 0) is 18.2 Å². The third kappa shape index (κ3) is 4.04. The van der Waals surface area contributed by atoms with Gasteiger partial charge >= 0.3 is 0 Å². The van der Waals surface area contributed by atoms with Crippen LogP contribution in [0.3, 0.4) is 0 Å². The summed E-state index contributed by atoms with van der Waals surface area (Å²) in [5, 5.41) is 23.5. The SMILES string of the molecule is N#C/C(=C/Nc1ncccn1)C(=O)Nc1cccc(O)c1. The number of anilines is 2. The summed E-state index contributed by atoms with van der Waals surface area (Å²) < 4.78 is 0. The van der Waals surface area contributed by atoms with Gasteiger partial charge in [0.1, 0.15) is 17.4 Å². The molecule has 1 aromatic carbocycles. The summed E-state index contributed by atoms with van der Waals surface area (Å²) in [5.74, 6) is -0.312. The minimum Gasteiger partial charge on any atom is -0.508 e. The molecule has 104 valence electrons. The second-order valence-corrected chi connectivity index (χ2v) is 3.89. The van der Waals surface area contributed by atoms with E-state index in [9.17, 15) is 9.90 Å². The summed E-state index contributed by atoms with van der Waals surface area (Å²) in [6, 6.07) is 9.45. The highest BCUT2D eigenvalue weighted by Gasteiger charge is 2.09. The monoisotopic (exact) mass is 281 g/mol. The number of hydrogen-bond acceptors (Lipinski definition) is 6. The van der Waals surface area contributed by atoms with Gasteiger partial charge < -0.3 is 15.7 Å². The Morgan fingerprint density at radius 3 is 2.71 bits per heavy atom. The van der Waals surface area contributed by atoms with Crippen molar-refractivity contribution in [2.75, 3.05) is 10.6 Å². The lowest BCUT2D eigenvalue weighted by Gasteiger charge is -2.04. The van der Waals surface area contributed by atoms with E-state index < -0.39 is 5.91 Å². The zero-order valence-corrected chi connectivity index (χ0v) is 10.8. The Kier molecular flexibility index (Phi) is 4.46. The summed E-state index contributed by atoms with van der Waals surface area (Å²) in [4.78, 5) is 19.7. The number of nitrogens with zero attached hydrogens (tertiary/aromatic N) is 3. The van der Waals surface area contributed by atoms with Gasteiger partial charge in [-0.25, -0.2) is 9.97 Å². The lowest BCUT2D eigenvalue weighted by Crippen LogP contribution is -2.14. The number of aromatic hydroxyl groups is 1. The van der Waals surface area contributed by atoms with Gasteiger partial charge in [0.2, 0.25) is 5.95 Å². The number of benzene rings is 1. The molecule has 0 atom stereocenters. The molecule has 0 aliphatic rings. The van der Waals surface area contributed by atoms with Crippen LogP contribution in [0.25, 0.3) is 0 Å². The topological polar surface area (TPSA) is 111 Å². The molecule has 0 fully saturated rings. The molecule has 0 saturated heterocycles. The molecular formula is C14H11N5O2. The Labute approximate surface area is 120 Å². The van der Waals surface area contributed by atoms with Gasteiger partial charge in [-0.1, -0.05) is 6.07 Å². The van der Waals surface area contributed by atoms with Crippen LogP contribution in [0.4, 0.5) is 11.6 Å². The average Bonchev–Trinajstić information content (AvgIpc) is 2.49. The van der Waals surface area contributed by atoms with E-state index in [1.165, 1.54) is 30.7 Å². The molecule has 7 nitrogen and oxygen atoms in total. The van der Waals surface area contributed by atoms with Crippen LogP contribution in [-0.2, 0) is 4.79 Å². The fourth-order valence-corrected chi connectivity index (χ4v) is 1.44. The molecule has 7 heteroatoms. The lowest BCUT2D eigenvalue weighted by atomic mass is 10.2. The highest BCUT2D eigenvalue weighted by molar-refractivity contribution is 6.06. The Morgan fingerprint density at radius 1 is 1.29 bits per heavy atom. The van der Waals surface area contributed by atoms with Crippen molar-refractivity contribution in [1.82, 2.24) is 9.97 Å². The number of phenols is 1. The fraction of sp³-hybridized carbons (Fsp3) is 0. The number of rotatable bonds is 4. The van der Waals surface area contributed by atoms with Crippen LogP contribution in [0.5, 0.6) is 5.75 Å². The maximum atomic E-state index is 11.9. The van der Waals surface area contributed by atoms with Gasteiger partial charge in [-0.2, -0.15) is 5.26 Å². The van der Waals surface area contributed by atoms with Gasteiger partial charge in [0.25, 0.3) is 5.91 Å². The predicted molar refractivity (Wildman–Crippen MR) is 76.1 cm³/mol. The minimum absolute atomic E-state index is 0.0195. The number of amides is 1. The number of nitrogens with one attached hydrogen (secondary N) is 2. The largest absolute Gasteiger partial charge is 0.508 e. The summed E-state index contributed by atoms with van der Waals surface area (Å²) in [6.07, 6.45) is 4.28. The molecule has 0 aliphatic carbocycles. The summed E-state index contributed by atoms with van der Waals surface area (Å²) >= 11 is 0. The van der Waals surface area contributed by atoms with Crippen molar-refractivity contribution >= 4 is 17.5 Å². The maximum Gasteiger partial charge on any atom is 0.267 e. The molecule has 21 heavy (non-hydrogen) atoms. The molecule has 0 aliphatic heterocycles. The molecular weight excluding hydrogens is 270 g/mol. The normalized spacial score (nSPS) is 10.5. The van der Waals surface area contributed by atoms with E-state index >= 15 is 0 Å². The van der Waals surface area contributed by atoms with Crippen LogP contribution in [0.2, 0.25) is 0 Å². The molecule has 1 heterocycles. The second-order valence-electron chi connectivity index (χ2n) is 3.89. The van der Waals surface area contributed by atoms with Crippen molar-refractivity contribution < 1.29 is 9.90 Å². The van der Waals surface area contributed by atoms with E-state index in [4.69, 9.17) is 5.26 Å². The van der Waals surface area contributed by atoms with Gasteiger partial charge in [0.05, 0.1) is 0 Å². The fourth-order valence-electron chi connectivity index (χ4n) is 1.44. The van der Waals surface area contributed by atoms with Crippen LogP contribution in [0.15, 0.2) is 54.5 Å². The third-order valence-corrected chi connectivity index (χ3v) is 2.38. The van der Waals surface area contributed by atoms with Crippen LogP contribution < -0.4 is 10.6 Å². The van der Waals surface area contributed by atoms with Gasteiger partial charge in [-0.15, -0.1) is 0 Å². The molecule has 0 saturated carbocycles. The summed E-state index contributed by atoms with van der Waals surface area (Å²) in [7, 11) is 0. The van der Waals surface area contributed by atoms with E-state index in [1.54, 1.807) is 24.3 Å². The quantitative estimate of drug-likeness (QED) is 0.580. The number of carbonyl (C=O) groups excluding carboxylic acids is 1. The first-order chi connectivity index (χ1) is 10.2. The molecule has 0 unspecified atom stereocenters. The first kappa shape index (κ1) is 14.0. The average molecular weight is 281 g/mol. The zero-order valence-electron chi connectivity index (χ0n) is 10.8. The first-order valence-electron chi connectivity index (χ1n) is 5.93. The highest BCUT2D eigenvalue weighted by atomic mass is 16.3. The molecule has 0 radical (unpaired) electrons.